The van der Waals surface area contributed by atoms with Gasteiger partial charge in [-0.1, -0.05) is 15.9 Å². The van der Waals surface area contributed by atoms with E-state index in [1.165, 1.54) is 12.1 Å². The number of nitrogen functional groups attached to an aromatic ring is 1. The van der Waals surface area contributed by atoms with E-state index in [-0.39, 0.29) is 4.90 Å². The van der Waals surface area contributed by atoms with Crippen LogP contribution in [-0.4, -0.2) is 13.0 Å². The SMILES string of the molecule is Cc1c(N)cc(S(=O)(=O)O)cc1Br. The molecule has 0 spiro atoms. The van der Waals surface area contributed by atoms with Gasteiger partial charge in [0.1, 0.15) is 0 Å². The molecule has 0 radical (unpaired) electrons. The summed E-state index contributed by atoms with van der Waals surface area (Å²) in [4.78, 5) is -0.206. The van der Waals surface area contributed by atoms with Gasteiger partial charge in [0.2, 0.25) is 0 Å². The van der Waals surface area contributed by atoms with Crippen LogP contribution in [0.2, 0.25) is 0 Å². The van der Waals surface area contributed by atoms with Gasteiger partial charge in [0.25, 0.3) is 10.1 Å². The Hall–Kier alpha value is -0.590. The number of nitrogens with two attached hydrogens (primary N) is 1. The standard InChI is InChI=1S/C7H8BrNO3S/c1-4-6(8)2-5(3-7(4)9)13(10,11)12/h2-3H,9H2,1H3,(H,10,11,12). The van der Waals surface area contributed by atoms with Gasteiger partial charge in [0.15, 0.2) is 0 Å². The summed E-state index contributed by atoms with van der Waals surface area (Å²) in [7, 11) is -4.17. The molecular weight excluding hydrogens is 258 g/mol. The van der Waals surface area contributed by atoms with Crippen molar-refractivity contribution in [1.82, 2.24) is 0 Å². The van der Waals surface area contributed by atoms with Crippen molar-refractivity contribution in [2.24, 2.45) is 0 Å². The van der Waals surface area contributed by atoms with E-state index in [1.54, 1.807) is 6.92 Å². The molecule has 6 heteroatoms. The van der Waals surface area contributed by atoms with Crippen LogP contribution in [0.5, 0.6) is 0 Å². The van der Waals surface area contributed by atoms with Gasteiger partial charge in [0, 0.05) is 10.2 Å². The second-order valence-electron chi connectivity index (χ2n) is 2.59. The Bertz CT molecular complexity index is 418. The van der Waals surface area contributed by atoms with Gasteiger partial charge in [-0.3, -0.25) is 4.55 Å². The molecule has 0 heterocycles. The molecular formula is C7H8BrNO3S. The first-order chi connectivity index (χ1) is 5.82. The summed E-state index contributed by atoms with van der Waals surface area (Å²) in [5, 5.41) is 0. The highest BCUT2D eigenvalue weighted by molar-refractivity contribution is 9.10. The summed E-state index contributed by atoms with van der Waals surface area (Å²) in [5.74, 6) is 0. The zero-order valence-corrected chi connectivity index (χ0v) is 9.18. The fraction of sp³-hybridized carbons (Fsp3) is 0.143. The summed E-state index contributed by atoms with van der Waals surface area (Å²) in [6.07, 6.45) is 0. The zero-order chi connectivity index (χ0) is 10.2. The van der Waals surface area contributed by atoms with Crippen LogP contribution in [0.4, 0.5) is 5.69 Å². The van der Waals surface area contributed by atoms with E-state index in [1.807, 2.05) is 0 Å². The number of anilines is 1. The second-order valence-corrected chi connectivity index (χ2v) is 4.87. The van der Waals surface area contributed by atoms with Crippen LogP contribution in [0, 0.1) is 6.92 Å². The Morgan fingerprint density at radius 1 is 1.46 bits per heavy atom. The molecule has 0 aromatic heterocycles. The minimum absolute atomic E-state index is 0.206. The fourth-order valence-electron chi connectivity index (χ4n) is 0.823. The minimum Gasteiger partial charge on any atom is -0.398 e. The van der Waals surface area contributed by atoms with Crippen LogP contribution in [0.3, 0.4) is 0 Å². The second kappa shape index (κ2) is 3.28. The maximum atomic E-state index is 10.7. The average molecular weight is 266 g/mol. The van der Waals surface area contributed by atoms with E-state index in [9.17, 15) is 8.42 Å². The Morgan fingerprint density at radius 3 is 2.38 bits per heavy atom. The first-order valence-electron chi connectivity index (χ1n) is 3.35. The zero-order valence-electron chi connectivity index (χ0n) is 6.78. The van der Waals surface area contributed by atoms with Crippen molar-refractivity contribution in [1.29, 1.82) is 0 Å². The third-order valence-electron chi connectivity index (χ3n) is 1.66. The quantitative estimate of drug-likeness (QED) is 0.597. The third kappa shape index (κ3) is 2.20. The number of hydrogen-bond acceptors (Lipinski definition) is 3. The average Bonchev–Trinajstić information content (AvgIpc) is 1.97. The Balaban J connectivity index is 3.47. The molecule has 0 fully saturated rings. The lowest BCUT2D eigenvalue weighted by Gasteiger charge is -2.04. The minimum atomic E-state index is -4.17. The maximum absolute atomic E-state index is 10.7. The molecule has 0 aliphatic rings. The number of rotatable bonds is 1. The number of halogens is 1. The van der Waals surface area contributed by atoms with Crippen molar-refractivity contribution in [3.05, 3.63) is 22.2 Å². The highest BCUT2D eigenvalue weighted by atomic mass is 79.9. The molecule has 0 bridgehead atoms. The highest BCUT2D eigenvalue weighted by Crippen LogP contribution is 2.25. The summed E-state index contributed by atoms with van der Waals surface area (Å²) in [6, 6.07) is 2.52. The lowest BCUT2D eigenvalue weighted by molar-refractivity contribution is 0.483. The van der Waals surface area contributed by atoms with Crippen LogP contribution in [0.25, 0.3) is 0 Å². The van der Waals surface area contributed by atoms with Crippen molar-refractivity contribution in [2.75, 3.05) is 5.73 Å². The van der Waals surface area contributed by atoms with Crippen LogP contribution in [-0.2, 0) is 10.1 Å². The van der Waals surface area contributed by atoms with Gasteiger partial charge in [0.05, 0.1) is 4.90 Å². The van der Waals surface area contributed by atoms with Crippen LogP contribution in [0.1, 0.15) is 5.56 Å². The van der Waals surface area contributed by atoms with Crippen LogP contribution >= 0.6 is 15.9 Å². The van der Waals surface area contributed by atoms with Gasteiger partial charge in [-0.15, -0.1) is 0 Å². The maximum Gasteiger partial charge on any atom is 0.294 e. The monoisotopic (exact) mass is 265 g/mol. The number of hydrogen-bond donors (Lipinski definition) is 2. The molecule has 0 unspecified atom stereocenters. The molecule has 3 N–H and O–H groups in total. The van der Waals surface area contributed by atoms with Crippen molar-refractivity contribution >= 4 is 31.7 Å². The highest BCUT2D eigenvalue weighted by Gasteiger charge is 2.12. The molecule has 0 saturated heterocycles. The van der Waals surface area contributed by atoms with E-state index in [0.29, 0.717) is 10.2 Å². The van der Waals surface area contributed by atoms with Gasteiger partial charge in [-0.25, -0.2) is 0 Å². The van der Waals surface area contributed by atoms with Gasteiger partial charge in [-0.2, -0.15) is 8.42 Å². The molecule has 72 valence electrons. The smallest absolute Gasteiger partial charge is 0.294 e. The summed E-state index contributed by atoms with van der Waals surface area (Å²) in [6.45, 7) is 1.74. The topological polar surface area (TPSA) is 80.4 Å². The van der Waals surface area contributed by atoms with E-state index in [0.717, 1.165) is 5.56 Å². The summed E-state index contributed by atoms with van der Waals surface area (Å²) >= 11 is 3.13. The first-order valence-corrected chi connectivity index (χ1v) is 5.59. The van der Waals surface area contributed by atoms with Gasteiger partial charge >= 0.3 is 0 Å². The molecule has 0 aliphatic carbocycles. The lowest BCUT2D eigenvalue weighted by Crippen LogP contribution is -2.01. The molecule has 1 aromatic carbocycles. The molecule has 0 atom stereocenters. The van der Waals surface area contributed by atoms with Crippen molar-refractivity contribution in [3.8, 4) is 0 Å². The normalized spacial score (nSPS) is 11.6. The molecule has 0 saturated carbocycles. The molecule has 13 heavy (non-hydrogen) atoms. The molecule has 0 amide bonds. The summed E-state index contributed by atoms with van der Waals surface area (Å²) < 4.78 is 30.7. The Morgan fingerprint density at radius 2 is 2.00 bits per heavy atom. The van der Waals surface area contributed by atoms with Crippen molar-refractivity contribution in [2.45, 2.75) is 11.8 Å². The van der Waals surface area contributed by atoms with Gasteiger partial charge < -0.3 is 5.73 Å². The molecule has 0 aliphatic heterocycles. The molecule has 1 rings (SSSR count). The third-order valence-corrected chi connectivity index (χ3v) is 3.31. The lowest BCUT2D eigenvalue weighted by atomic mass is 10.2. The predicted molar refractivity (Wildman–Crippen MR) is 53.1 cm³/mol. The fourth-order valence-corrected chi connectivity index (χ4v) is 1.99. The van der Waals surface area contributed by atoms with Crippen molar-refractivity contribution in [3.63, 3.8) is 0 Å². The Kier molecular flexibility index (Phi) is 2.65. The van der Waals surface area contributed by atoms with Crippen LogP contribution < -0.4 is 5.73 Å². The van der Waals surface area contributed by atoms with E-state index >= 15 is 0 Å². The Labute approximate surface area is 84.6 Å². The van der Waals surface area contributed by atoms with E-state index in [4.69, 9.17) is 10.3 Å². The summed E-state index contributed by atoms with van der Waals surface area (Å²) in [5.41, 5.74) is 6.58. The van der Waals surface area contributed by atoms with Crippen LogP contribution in [0.15, 0.2) is 21.5 Å². The first kappa shape index (κ1) is 10.5. The van der Waals surface area contributed by atoms with E-state index in [2.05, 4.69) is 15.9 Å². The van der Waals surface area contributed by atoms with Crippen molar-refractivity contribution < 1.29 is 13.0 Å². The van der Waals surface area contributed by atoms with Gasteiger partial charge in [-0.05, 0) is 24.6 Å². The molecule has 1 aromatic rings. The predicted octanol–water partition coefficient (Wildman–Crippen LogP) is 1.59. The van der Waals surface area contributed by atoms with E-state index < -0.39 is 10.1 Å². The molecule has 4 nitrogen and oxygen atoms in total. The largest absolute Gasteiger partial charge is 0.398 e. The number of benzene rings is 1.